The highest BCUT2D eigenvalue weighted by Crippen LogP contribution is 2.33. The van der Waals surface area contributed by atoms with Gasteiger partial charge >= 0.3 is 0 Å². The zero-order valence-corrected chi connectivity index (χ0v) is 17.4. The molecule has 10 heteroatoms. The van der Waals surface area contributed by atoms with E-state index in [9.17, 15) is 23.6 Å². The molecule has 3 N–H and O–H groups in total. The van der Waals surface area contributed by atoms with E-state index in [-0.39, 0.29) is 29.4 Å². The number of rotatable bonds is 5. The lowest BCUT2D eigenvalue weighted by Gasteiger charge is -2.20. The van der Waals surface area contributed by atoms with Crippen LogP contribution < -0.4 is 14.8 Å². The first-order chi connectivity index (χ1) is 14.2. The van der Waals surface area contributed by atoms with E-state index >= 15 is 0 Å². The number of amides is 1. The van der Waals surface area contributed by atoms with Crippen LogP contribution in [0.1, 0.15) is 28.0 Å². The molecule has 30 heavy (non-hydrogen) atoms. The predicted octanol–water partition coefficient (Wildman–Crippen LogP) is 1.43. The number of fused-ring (bicyclic) bond motifs is 1. The number of benzene rings is 1. The molecule has 0 radical (unpaired) electrons. The van der Waals surface area contributed by atoms with E-state index in [2.05, 4.69) is 22.7 Å². The number of aliphatic hydroxyl groups is 1. The van der Waals surface area contributed by atoms with Gasteiger partial charge in [0.1, 0.15) is 11.5 Å². The van der Waals surface area contributed by atoms with Crippen LogP contribution in [0.25, 0.3) is 0 Å². The van der Waals surface area contributed by atoms with Gasteiger partial charge < -0.3 is 19.7 Å². The summed E-state index contributed by atoms with van der Waals surface area (Å²) < 4.78 is 35.0. The third-order valence-corrected chi connectivity index (χ3v) is 6.29. The summed E-state index contributed by atoms with van der Waals surface area (Å²) >= 11 is 0. The zero-order chi connectivity index (χ0) is 22.1. The number of aliphatic hydroxyl groups excluding tert-OH is 1. The molecule has 0 spiro atoms. The summed E-state index contributed by atoms with van der Waals surface area (Å²) in [5.41, 5.74) is 1.59. The van der Waals surface area contributed by atoms with Crippen molar-refractivity contribution in [2.75, 3.05) is 11.9 Å². The number of nitrogens with zero attached hydrogens (tertiary/aromatic N) is 2. The predicted molar refractivity (Wildman–Crippen MR) is 110 cm³/mol. The molecule has 158 valence electrons. The van der Waals surface area contributed by atoms with Crippen LogP contribution in [0.4, 0.5) is 5.69 Å². The smallest absolute Gasteiger partial charge is 0.276 e. The second kappa shape index (κ2) is 8.31. The first kappa shape index (κ1) is 21.6. The van der Waals surface area contributed by atoms with Crippen molar-refractivity contribution in [1.82, 2.24) is 9.29 Å². The van der Waals surface area contributed by atoms with Gasteiger partial charge in [0, 0.05) is 18.9 Å². The highest BCUT2D eigenvalue weighted by atomic mass is 32.2. The minimum atomic E-state index is -4.03. The number of carbonyl (C=O) groups is 1. The number of hydrogen-bond acceptors (Lipinski definition) is 6. The van der Waals surface area contributed by atoms with Crippen molar-refractivity contribution in [2.24, 2.45) is 7.05 Å². The maximum Gasteiger partial charge on any atom is 0.276 e. The second-order valence-electron chi connectivity index (χ2n) is 7.01. The van der Waals surface area contributed by atoms with Gasteiger partial charge in [0.15, 0.2) is 11.4 Å². The molecule has 1 aliphatic heterocycles. The van der Waals surface area contributed by atoms with E-state index in [4.69, 9.17) is 4.74 Å². The molecule has 2 atom stereocenters. The van der Waals surface area contributed by atoms with Gasteiger partial charge in [-0.2, -0.15) is 5.26 Å². The number of carbonyl (C=O) groups excluding carboxylic acids is 1. The molecule has 0 bridgehead atoms. The Bertz CT molecular complexity index is 1150. The third-order valence-electron chi connectivity index (χ3n) is 4.81. The molecule has 3 rings (SSSR count). The SMILES string of the molecule is C=CC[C@H](O)[C@H]1COc2c(cn(C)c2C(=O)Nc2ccc(C)c(C#N)c2)S(=O)(=O)N1. The number of aromatic nitrogens is 1. The van der Waals surface area contributed by atoms with Crippen LogP contribution in [-0.2, 0) is 17.1 Å². The molecule has 1 aliphatic rings. The monoisotopic (exact) mass is 430 g/mol. The normalized spacial score (nSPS) is 18.3. The van der Waals surface area contributed by atoms with Crippen LogP contribution in [0, 0.1) is 18.3 Å². The van der Waals surface area contributed by atoms with Crippen molar-refractivity contribution in [3.05, 3.63) is 53.9 Å². The van der Waals surface area contributed by atoms with Gasteiger partial charge in [-0.3, -0.25) is 4.79 Å². The summed E-state index contributed by atoms with van der Waals surface area (Å²) in [6.07, 6.45) is 1.91. The summed E-state index contributed by atoms with van der Waals surface area (Å²) in [4.78, 5) is 12.7. The van der Waals surface area contributed by atoms with Crippen molar-refractivity contribution >= 4 is 21.6 Å². The van der Waals surface area contributed by atoms with Gasteiger partial charge in [0.25, 0.3) is 5.91 Å². The Labute approximate surface area is 174 Å². The number of sulfonamides is 1. The average Bonchev–Trinajstić information content (AvgIpc) is 2.97. The van der Waals surface area contributed by atoms with Gasteiger partial charge in [0.2, 0.25) is 10.0 Å². The number of ether oxygens (including phenoxy) is 1. The summed E-state index contributed by atoms with van der Waals surface area (Å²) in [6, 6.07) is 6.05. The molecule has 2 heterocycles. The fourth-order valence-electron chi connectivity index (χ4n) is 3.18. The average molecular weight is 430 g/mol. The Morgan fingerprint density at radius 2 is 2.30 bits per heavy atom. The van der Waals surface area contributed by atoms with Crippen LogP contribution >= 0.6 is 0 Å². The third kappa shape index (κ3) is 4.09. The molecule has 0 saturated carbocycles. The molecular formula is C20H22N4O5S. The van der Waals surface area contributed by atoms with E-state index < -0.39 is 28.1 Å². The maximum atomic E-state index is 12.9. The quantitative estimate of drug-likeness (QED) is 0.615. The first-order valence-corrected chi connectivity index (χ1v) is 10.6. The Morgan fingerprint density at radius 1 is 1.57 bits per heavy atom. The van der Waals surface area contributed by atoms with Crippen molar-refractivity contribution < 1.29 is 23.1 Å². The topological polar surface area (TPSA) is 133 Å². The lowest BCUT2D eigenvalue weighted by molar-refractivity contribution is 0.0999. The fraction of sp³-hybridized carbons (Fsp3) is 0.300. The summed E-state index contributed by atoms with van der Waals surface area (Å²) in [6.45, 7) is 5.16. The van der Waals surface area contributed by atoms with Crippen LogP contribution in [0.15, 0.2) is 41.9 Å². The highest BCUT2D eigenvalue weighted by molar-refractivity contribution is 7.89. The van der Waals surface area contributed by atoms with Gasteiger partial charge in [-0.25, -0.2) is 13.1 Å². The van der Waals surface area contributed by atoms with Crippen molar-refractivity contribution in [3.8, 4) is 11.8 Å². The molecule has 1 amide bonds. The lowest BCUT2D eigenvalue weighted by atomic mass is 10.1. The Morgan fingerprint density at radius 3 is 2.97 bits per heavy atom. The largest absolute Gasteiger partial charge is 0.488 e. The van der Waals surface area contributed by atoms with Gasteiger partial charge in [-0.05, 0) is 31.0 Å². The molecule has 1 aromatic heterocycles. The minimum absolute atomic E-state index is 0.00770. The van der Waals surface area contributed by atoms with Crippen LogP contribution in [0.5, 0.6) is 5.75 Å². The summed E-state index contributed by atoms with van der Waals surface area (Å²) in [5.74, 6) is -0.685. The Kier molecular flexibility index (Phi) is 5.98. The molecular weight excluding hydrogens is 408 g/mol. The second-order valence-corrected chi connectivity index (χ2v) is 8.69. The zero-order valence-electron chi connectivity index (χ0n) is 16.5. The number of hydrogen-bond donors (Lipinski definition) is 3. The van der Waals surface area contributed by atoms with E-state index in [0.717, 1.165) is 5.56 Å². The number of nitriles is 1. The number of aryl methyl sites for hydroxylation is 2. The molecule has 0 saturated heterocycles. The van der Waals surface area contributed by atoms with Crippen molar-refractivity contribution in [3.63, 3.8) is 0 Å². The van der Waals surface area contributed by atoms with Crippen molar-refractivity contribution in [1.29, 1.82) is 5.26 Å². The van der Waals surface area contributed by atoms with Gasteiger partial charge in [-0.1, -0.05) is 12.1 Å². The van der Waals surface area contributed by atoms with E-state index in [1.54, 1.807) is 19.1 Å². The van der Waals surface area contributed by atoms with E-state index in [0.29, 0.717) is 11.3 Å². The van der Waals surface area contributed by atoms with Crippen molar-refractivity contribution in [2.45, 2.75) is 30.4 Å². The molecule has 2 aromatic rings. The Hall–Kier alpha value is -3.13. The molecule has 0 unspecified atom stereocenters. The number of nitrogens with one attached hydrogen (secondary N) is 2. The first-order valence-electron chi connectivity index (χ1n) is 9.13. The fourth-order valence-corrected chi connectivity index (χ4v) is 4.62. The van der Waals surface area contributed by atoms with E-state index in [1.807, 2.05) is 0 Å². The highest BCUT2D eigenvalue weighted by Gasteiger charge is 2.36. The van der Waals surface area contributed by atoms with Crippen LogP contribution in [0.3, 0.4) is 0 Å². The summed E-state index contributed by atoms with van der Waals surface area (Å²) in [5, 5.41) is 22.0. The number of anilines is 1. The molecule has 9 nitrogen and oxygen atoms in total. The van der Waals surface area contributed by atoms with Crippen LogP contribution in [-0.4, -0.2) is 42.8 Å². The Balaban J connectivity index is 1.94. The lowest BCUT2D eigenvalue weighted by Crippen LogP contribution is -2.45. The van der Waals surface area contributed by atoms with Crippen LogP contribution in [0.2, 0.25) is 0 Å². The molecule has 1 aromatic carbocycles. The molecule has 0 fully saturated rings. The van der Waals surface area contributed by atoms with E-state index in [1.165, 1.54) is 30.0 Å². The van der Waals surface area contributed by atoms with Gasteiger partial charge in [0.05, 0.1) is 23.8 Å². The summed E-state index contributed by atoms with van der Waals surface area (Å²) in [7, 11) is -2.50. The molecule has 0 aliphatic carbocycles. The standard InChI is InChI=1S/C20H22N4O5S/c1-4-5-16(25)15-11-29-19-17(30(27,28)23-15)10-24(3)18(19)20(26)22-14-7-6-12(2)13(8-14)9-21/h4,6-8,10,15-16,23,25H,1,5,11H2,2-3H3,(H,22,26)/t15-,16+/m1/s1. The van der Waals surface area contributed by atoms with Gasteiger partial charge in [-0.15, -0.1) is 6.58 Å². The maximum absolute atomic E-state index is 12.9. The minimum Gasteiger partial charge on any atom is -0.488 e.